The standard InChI is InChI=1S/C15H14Br2FN/c1-2-15(10-4-3-5-11(16)8-10)19-12-6-7-13(17)14(18)9-12/h3-9,15,19H,2H2,1H3. The molecule has 0 bridgehead atoms. The highest BCUT2D eigenvalue weighted by molar-refractivity contribution is 9.10. The number of hydrogen-bond acceptors (Lipinski definition) is 1. The van der Waals surface area contributed by atoms with Crippen molar-refractivity contribution in [1.82, 2.24) is 0 Å². The predicted molar refractivity (Wildman–Crippen MR) is 84.9 cm³/mol. The third-order valence-corrected chi connectivity index (χ3v) is 4.06. The van der Waals surface area contributed by atoms with Gasteiger partial charge in [0.15, 0.2) is 0 Å². The molecule has 0 radical (unpaired) electrons. The smallest absolute Gasteiger partial charge is 0.139 e. The summed E-state index contributed by atoms with van der Waals surface area (Å²) in [6.07, 6.45) is 0.925. The zero-order chi connectivity index (χ0) is 13.8. The molecule has 19 heavy (non-hydrogen) atoms. The van der Waals surface area contributed by atoms with Gasteiger partial charge in [-0.3, -0.25) is 0 Å². The Morgan fingerprint density at radius 1 is 1.16 bits per heavy atom. The average molecular weight is 387 g/mol. The number of hydrogen-bond donors (Lipinski definition) is 1. The Morgan fingerprint density at radius 3 is 2.58 bits per heavy atom. The van der Waals surface area contributed by atoms with Gasteiger partial charge in [-0.05, 0) is 58.2 Å². The second-order valence-electron chi connectivity index (χ2n) is 4.29. The maximum atomic E-state index is 13.5. The van der Waals surface area contributed by atoms with E-state index in [2.05, 4.69) is 56.2 Å². The molecule has 0 aromatic heterocycles. The molecule has 0 aliphatic carbocycles. The van der Waals surface area contributed by atoms with E-state index >= 15 is 0 Å². The van der Waals surface area contributed by atoms with E-state index in [1.165, 1.54) is 11.6 Å². The van der Waals surface area contributed by atoms with E-state index in [9.17, 15) is 4.39 Å². The van der Waals surface area contributed by atoms with E-state index in [-0.39, 0.29) is 11.9 Å². The van der Waals surface area contributed by atoms with Crippen molar-refractivity contribution in [2.75, 3.05) is 5.32 Å². The zero-order valence-corrected chi connectivity index (χ0v) is 13.6. The summed E-state index contributed by atoms with van der Waals surface area (Å²) in [4.78, 5) is 0. The van der Waals surface area contributed by atoms with E-state index in [0.717, 1.165) is 16.6 Å². The second kappa shape index (κ2) is 6.53. The topological polar surface area (TPSA) is 12.0 Å². The molecule has 2 aromatic carbocycles. The van der Waals surface area contributed by atoms with Crippen LogP contribution >= 0.6 is 31.9 Å². The lowest BCUT2D eigenvalue weighted by Crippen LogP contribution is -2.09. The number of rotatable bonds is 4. The molecule has 0 saturated carbocycles. The summed E-state index contributed by atoms with van der Waals surface area (Å²) in [7, 11) is 0. The molecule has 0 spiro atoms. The first kappa shape index (κ1) is 14.5. The molecule has 1 unspecified atom stereocenters. The molecule has 4 heteroatoms. The van der Waals surface area contributed by atoms with Gasteiger partial charge in [0, 0.05) is 10.2 Å². The van der Waals surface area contributed by atoms with Crippen LogP contribution in [0.25, 0.3) is 0 Å². The summed E-state index contributed by atoms with van der Waals surface area (Å²) in [5, 5.41) is 3.36. The highest BCUT2D eigenvalue weighted by atomic mass is 79.9. The van der Waals surface area contributed by atoms with Crippen LogP contribution in [0.2, 0.25) is 0 Å². The van der Waals surface area contributed by atoms with Crippen molar-refractivity contribution < 1.29 is 4.39 Å². The molecule has 2 aromatic rings. The van der Waals surface area contributed by atoms with E-state index in [1.54, 1.807) is 6.07 Å². The van der Waals surface area contributed by atoms with Crippen LogP contribution in [0.1, 0.15) is 24.9 Å². The average Bonchev–Trinajstić information content (AvgIpc) is 2.40. The molecular weight excluding hydrogens is 373 g/mol. The Bertz CT molecular complexity index is 572. The van der Waals surface area contributed by atoms with Crippen LogP contribution in [0, 0.1) is 5.82 Å². The summed E-state index contributed by atoms with van der Waals surface area (Å²) in [6, 6.07) is 13.4. The van der Waals surface area contributed by atoms with E-state index in [4.69, 9.17) is 0 Å². The first-order chi connectivity index (χ1) is 9.10. The van der Waals surface area contributed by atoms with Crippen LogP contribution in [-0.4, -0.2) is 0 Å². The first-order valence-electron chi connectivity index (χ1n) is 6.07. The molecule has 1 atom stereocenters. The van der Waals surface area contributed by atoms with Crippen molar-refractivity contribution in [1.29, 1.82) is 0 Å². The van der Waals surface area contributed by atoms with Crippen LogP contribution < -0.4 is 5.32 Å². The van der Waals surface area contributed by atoms with Gasteiger partial charge in [0.2, 0.25) is 0 Å². The van der Waals surface area contributed by atoms with Crippen LogP contribution in [-0.2, 0) is 0 Å². The largest absolute Gasteiger partial charge is 0.378 e. The lowest BCUT2D eigenvalue weighted by atomic mass is 10.0. The van der Waals surface area contributed by atoms with Crippen molar-refractivity contribution in [3.63, 3.8) is 0 Å². The summed E-state index contributed by atoms with van der Waals surface area (Å²) in [5.41, 5.74) is 1.97. The SMILES string of the molecule is CCC(Nc1ccc(Br)c(F)c1)c1cccc(Br)c1. The van der Waals surface area contributed by atoms with Gasteiger partial charge < -0.3 is 5.32 Å². The maximum Gasteiger partial charge on any atom is 0.139 e. The fourth-order valence-corrected chi connectivity index (χ4v) is 2.60. The quantitative estimate of drug-likeness (QED) is 0.688. The van der Waals surface area contributed by atoms with Crippen LogP contribution in [0.3, 0.4) is 0 Å². The predicted octanol–water partition coefficient (Wildman–Crippen LogP) is 5.91. The Labute approximate surface area is 129 Å². The third kappa shape index (κ3) is 3.80. The van der Waals surface area contributed by atoms with Crippen molar-refractivity contribution in [2.45, 2.75) is 19.4 Å². The molecule has 0 amide bonds. The number of benzene rings is 2. The van der Waals surface area contributed by atoms with Crippen molar-refractivity contribution in [3.05, 3.63) is 62.8 Å². The van der Waals surface area contributed by atoms with Gasteiger partial charge in [-0.2, -0.15) is 0 Å². The van der Waals surface area contributed by atoms with Crippen molar-refractivity contribution in [2.24, 2.45) is 0 Å². The third-order valence-electron chi connectivity index (χ3n) is 2.92. The minimum atomic E-state index is -0.255. The van der Waals surface area contributed by atoms with Gasteiger partial charge in [-0.15, -0.1) is 0 Å². The highest BCUT2D eigenvalue weighted by Gasteiger charge is 2.10. The number of halogens is 3. The minimum absolute atomic E-state index is 0.165. The summed E-state index contributed by atoms with van der Waals surface area (Å²) in [5.74, 6) is -0.255. The highest BCUT2D eigenvalue weighted by Crippen LogP contribution is 2.26. The number of nitrogens with one attached hydrogen (secondary N) is 1. The molecule has 0 aliphatic heterocycles. The Balaban J connectivity index is 2.21. The molecule has 100 valence electrons. The molecule has 2 rings (SSSR count). The molecule has 0 aliphatic rings. The Hall–Kier alpha value is -0.870. The number of anilines is 1. The fraction of sp³-hybridized carbons (Fsp3) is 0.200. The van der Waals surface area contributed by atoms with Gasteiger partial charge in [-0.25, -0.2) is 4.39 Å². The maximum absolute atomic E-state index is 13.5. The Kier molecular flexibility index (Phi) is 4.99. The van der Waals surface area contributed by atoms with E-state index in [0.29, 0.717) is 4.47 Å². The van der Waals surface area contributed by atoms with Crippen LogP contribution in [0.4, 0.5) is 10.1 Å². The summed E-state index contributed by atoms with van der Waals surface area (Å²) < 4.78 is 15.0. The molecule has 0 fully saturated rings. The monoisotopic (exact) mass is 385 g/mol. The molecule has 0 heterocycles. The summed E-state index contributed by atoms with van der Waals surface area (Å²) >= 11 is 6.63. The Morgan fingerprint density at radius 2 is 1.95 bits per heavy atom. The molecule has 1 nitrogen and oxygen atoms in total. The lowest BCUT2D eigenvalue weighted by Gasteiger charge is -2.19. The molecule has 1 N–H and O–H groups in total. The normalized spacial score (nSPS) is 12.2. The van der Waals surface area contributed by atoms with Gasteiger partial charge in [-0.1, -0.05) is 35.0 Å². The summed E-state index contributed by atoms with van der Waals surface area (Å²) in [6.45, 7) is 2.10. The lowest BCUT2D eigenvalue weighted by molar-refractivity contribution is 0.620. The van der Waals surface area contributed by atoms with E-state index < -0.39 is 0 Å². The molecular formula is C15H14Br2FN. The van der Waals surface area contributed by atoms with Gasteiger partial charge in [0.25, 0.3) is 0 Å². The van der Waals surface area contributed by atoms with E-state index in [1.807, 2.05) is 18.2 Å². The van der Waals surface area contributed by atoms with Crippen LogP contribution in [0.15, 0.2) is 51.4 Å². The van der Waals surface area contributed by atoms with Crippen molar-refractivity contribution >= 4 is 37.5 Å². The molecule has 0 saturated heterocycles. The first-order valence-corrected chi connectivity index (χ1v) is 7.66. The van der Waals surface area contributed by atoms with Gasteiger partial charge >= 0.3 is 0 Å². The van der Waals surface area contributed by atoms with Gasteiger partial charge in [0.05, 0.1) is 10.5 Å². The minimum Gasteiger partial charge on any atom is -0.378 e. The van der Waals surface area contributed by atoms with Crippen LogP contribution in [0.5, 0.6) is 0 Å². The van der Waals surface area contributed by atoms with Crippen molar-refractivity contribution in [3.8, 4) is 0 Å². The van der Waals surface area contributed by atoms with Gasteiger partial charge in [0.1, 0.15) is 5.82 Å². The fourth-order valence-electron chi connectivity index (χ4n) is 1.93. The zero-order valence-electron chi connectivity index (χ0n) is 10.5. The second-order valence-corrected chi connectivity index (χ2v) is 6.06.